The zero-order chi connectivity index (χ0) is 22.6. The average molecular weight is 444 g/mol. The molecule has 0 aromatic heterocycles. The van der Waals surface area contributed by atoms with Gasteiger partial charge in [0.2, 0.25) is 0 Å². The van der Waals surface area contributed by atoms with Gasteiger partial charge in [0.15, 0.2) is 0 Å². The van der Waals surface area contributed by atoms with Crippen molar-refractivity contribution in [1.82, 2.24) is 9.80 Å². The molecule has 1 aliphatic heterocycles. The highest BCUT2D eigenvalue weighted by molar-refractivity contribution is 5.97. The van der Waals surface area contributed by atoms with Gasteiger partial charge >= 0.3 is 13.0 Å². The first-order chi connectivity index (χ1) is 14.6. The summed E-state index contributed by atoms with van der Waals surface area (Å²) in [6, 6.07) is 10.2. The molecule has 0 saturated carbocycles. The number of hydrogen-bond acceptors (Lipinski definition) is 4. The van der Waals surface area contributed by atoms with Crippen LogP contribution in [0.25, 0.3) is 0 Å². The number of amides is 2. The number of benzene rings is 2. The van der Waals surface area contributed by atoms with E-state index in [0.717, 1.165) is 12.1 Å². The molecule has 0 aliphatic carbocycles. The number of carbonyl (C=O) groups excluding carboxylic acids is 2. The molecule has 2 amide bonds. The quantitative estimate of drug-likeness (QED) is 0.659. The summed E-state index contributed by atoms with van der Waals surface area (Å²) in [7, 11) is 0. The Hall–Kier alpha value is -3.37. The van der Waals surface area contributed by atoms with Crippen molar-refractivity contribution in [1.29, 1.82) is 0 Å². The molecule has 6 nitrogen and oxygen atoms in total. The van der Waals surface area contributed by atoms with Gasteiger partial charge in [0, 0.05) is 31.7 Å². The van der Waals surface area contributed by atoms with Crippen molar-refractivity contribution >= 4 is 11.8 Å². The molecule has 0 atom stereocenters. The molecule has 3 rings (SSSR count). The number of rotatable bonds is 5. The number of halogens is 5. The van der Waals surface area contributed by atoms with Crippen LogP contribution >= 0.6 is 0 Å². The van der Waals surface area contributed by atoms with Crippen LogP contribution in [-0.4, -0.2) is 60.8 Å². The fourth-order valence-corrected chi connectivity index (χ4v) is 3.11. The molecule has 1 heterocycles. The number of hydrogen-bond donors (Lipinski definition) is 0. The molecule has 2 aromatic rings. The summed E-state index contributed by atoms with van der Waals surface area (Å²) in [6.45, 7) is -2.42. The van der Waals surface area contributed by atoms with Gasteiger partial charge in [0.1, 0.15) is 11.5 Å². The van der Waals surface area contributed by atoms with Gasteiger partial charge in [-0.15, -0.1) is 13.2 Å². The molecule has 0 bridgehead atoms. The average Bonchev–Trinajstić information content (AvgIpc) is 2.72. The Morgan fingerprint density at radius 3 is 1.94 bits per heavy atom. The summed E-state index contributed by atoms with van der Waals surface area (Å²) in [4.78, 5) is 28.1. The first-order valence-corrected chi connectivity index (χ1v) is 9.12. The van der Waals surface area contributed by atoms with Crippen LogP contribution in [0, 0.1) is 0 Å². The highest BCUT2D eigenvalue weighted by Gasteiger charge is 2.31. The number of nitrogens with zero attached hydrogens (tertiary/aromatic N) is 2. The Balaban J connectivity index is 1.60. The smallest absolute Gasteiger partial charge is 0.434 e. The van der Waals surface area contributed by atoms with Crippen LogP contribution in [0.3, 0.4) is 0 Å². The molecule has 11 heteroatoms. The minimum absolute atomic E-state index is 0.0113. The van der Waals surface area contributed by atoms with Crippen LogP contribution in [-0.2, 0) is 0 Å². The molecule has 0 N–H and O–H groups in total. The standard InChI is InChI=1S/C20H17F5N2O4/c21-19(22)30-16-4-2-1-3-15(16)18(29)27-11-9-26(10-12-27)17(28)13-5-7-14(8-6-13)31-20(23,24)25/h1-8,19H,9-12H2. The third-order valence-electron chi connectivity index (χ3n) is 4.52. The van der Waals surface area contributed by atoms with E-state index in [0.29, 0.717) is 0 Å². The second-order valence-electron chi connectivity index (χ2n) is 6.53. The first kappa shape index (κ1) is 22.3. The lowest BCUT2D eigenvalue weighted by Crippen LogP contribution is -2.50. The lowest BCUT2D eigenvalue weighted by molar-refractivity contribution is -0.274. The summed E-state index contributed by atoms with van der Waals surface area (Å²) in [6.07, 6.45) is -4.83. The fraction of sp³-hybridized carbons (Fsp3) is 0.300. The van der Waals surface area contributed by atoms with E-state index < -0.39 is 30.5 Å². The van der Waals surface area contributed by atoms with Gasteiger partial charge in [-0.2, -0.15) is 8.78 Å². The molecule has 0 radical (unpaired) electrons. The summed E-state index contributed by atoms with van der Waals surface area (Å²) in [5, 5.41) is 0. The van der Waals surface area contributed by atoms with Crippen molar-refractivity contribution < 1.29 is 41.0 Å². The summed E-state index contributed by atoms with van der Waals surface area (Å²) < 4.78 is 70.0. The maximum Gasteiger partial charge on any atom is 0.573 e. The lowest BCUT2D eigenvalue weighted by atomic mass is 10.1. The summed E-state index contributed by atoms with van der Waals surface area (Å²) in [5.74, 6) is -1.59. The van der Waals surface area contributed by atoms with Gasteiger partial charge in [0.05, 0.1) is 5.56 Å². The van der Waals surface area contributed by atoms with Gasteiger partial charge < -0.3 is 19.3 Å². The van der Waals surface area contributed by atoms with Crippen LogP contribution in [0.4, 0.5) is 22.0 Å². The molecule has 1 saturated heterocycles. The Labute approximate surface area is 173 Å². The molecule has 31 heavy (non-hydrogen) atoms. The van der Waals surface area contributed by atoms with Gasteiger partial charge in [-0.1, -0.05) is 12.1 Å². The van der Waals surface area contributed by atoms with E-state index in [1.54, 1.807) is 0 Å². The van der Waals surface area contributed by atoms with Crippen molar-refractivity contribution in [3.63, 3.8) is 0 Å². The van der Waals surface area contributed by atoms with E-state index in [2.05, 4.69) is 9.47 Å². The van der Waals surface area contributed by atoms with Crippen molar-refractivity contribution in [2.45, 2.75) is 13.0 Å². The van der Waals surface area contributed by atoms with E-state index >= 15 is 0 Å². The zero-order valence-electron chi connectivity index (χ0n) is 15.9. The Kier molecular flexibility index (Phi) is 6.62. The van der Waals surface area contributed by atoms with Crippen LogP contribution in [0.5, 0.6) is 11.5 Å². The van der Waals surface area contributed by atoms with Crippen LogP contribution in [0.15, 0.2) is 48.5 Å². The fourth-order valence-electron chi connectivity index (χ4n) is 3.11. The number of piperazine rings is 1. The number of ether oxygens (including phenoxy) is 2. The Morgan fingerprint density at radius 1 is 0.839 bits per heavy atom. The largest absolute Gasteiger partial charge is 0.573 e. The highest BCUT2D eigenvalue weighted by Crippen LogP contribution is 2.24. The predicted octanol–water partition coefficient (Wildman–Crippen LogP) is 3.78. The van der Waals surface area contributed by atoms with Crippen LogP contribution in [0.1, 0.15) is 20.7 Å². The van der Waals surface area contributed by atoms with E-state index in [9.17, 15) is 31.5 Å². The van der Waals surface area contributed by atoms with Gasteiger partial charge in [-0.3, -0.25) is 9.59 Å². The molecule has 1 aliphatic rings. The van der Waals surface area contributed by atoms with E-state index in [-0.39, 0.29) is 43.1 Å². The lowest BCUT2D eigenvalue weighted by Gasteiger charge is -2.35. The molecule has 1 fully saturated rings. The maximum absolute atomic E-state index is 12.7. The summed E-state index contributed by atoms with van der Waals surface area (Å²) >= 11 is 0. The molecular weight excluding hydrogens is 427 g/mol. The maximum atomic E-state index is 12.7. The number of alkyl halides is 5. The van der Waals surface area contributed by atoms with Crippen LogP contribution < -0.4 is 9.47 Å². The normalized spacial score (nSPS) is 14.5. The minimum Gasteiger partial charge on any atom is -0.434 e. The number of carbonyl (C=O) groups is 2. The Morgan fingerprint density at radius 2 is 1.39 bits per heavy atom. The topological polar surface area (TPSA) is 59.1 Å². The monoisotopic (exact) mass is 444 g/mol. The molecule has 0 spiro atoms. The third kappa shape index (κ3) is 5.83. The van der Waals surface area contributed by atoms with E-state index in [1.807, 2.05) is 0 Å². The predicted molar refractivity (Wildman–Crippen MR) is 98.0 cm³/mol. The summed E-state index contributed by atoms with van der Waals surface area (Å²) in [5.41, 5.74) is 0.160. The highest BCUT2D eigenvalue weighted by atomic mass is 19.4. The number of para-hydroxylation sites is 1. The molecular formula is C20H17F5N2O4. The van der Waals surface area contributed by atoms with Gasteiger partial charge in [0.25, 0.3) is 11.8 Å². The van der Waals surface area contributed by atoms with Gasteiger partial charge in [-0.25, -0.2) is 0 Å². The SMILES string of the molecule is O=C(c1ccc(OC(F)(F)F)cc1)N1CCN(C(=O)c2ccccc2OC(F)F)CC1. The van der Waals surface area contributed by atoms with E-state index in [4.69, 9.17) is 0 Å². The van der Waals surface area contributed by atoms with Crippen molar-refractivity contribution in [3.8, 4) is 11.5 Å². The van der Waals surface area contributed by atoms with E-state index in [1.165, 1.54) is 46.2 Å². The van der Waals surface area contributed by atoms with Crippen molar-refractivity contribution in [2.75, 3.05) is 26.2 Å². The second-order valence-corrected chi connectivity index (χ2v) is 6.53. The van der Waals surface area contributed by atoms with Crippen LogP contribution in [0.2, 0.25) is 0 Å². The zero-order valence-corrected chi connectivity index (χ0v) is 15.9. The van der Waals surface area contributed by atoms with Crippen molar-refractivity contribution in [3.05, 3.63) is 59.7 Å². The van der Waals surface area contributed by atoms with Gasteiger partial charge in [-0.05, 0) is 36.4 Å². The molecule has 2 aromatic carbocycles. The van der Waals surface area contributed by atoms with Crippen molar-refractivity contribution in [2.24, 2.45) is 0 Å². The Bertz CT molecular complexity index is 926. The first-order valence-electron chi connectivity index (χ1n) is 9.12. The molecule has 0 unspecified atom stereocenters. The second kappa shape index (κ2) is 9.19. The molecule has 166 valence electrons. The third-order valence-corrected chi connectivity index (χ3v) is 4.52. The minimum atomic E-state index is -4.83.